The highest BCUT2D eigenvalue weighted by molar-refractivity contribution is 5.69. The number of carbonyl (C=O) groups excluding carboxylic acids is 1. The molecule has 2 saturated heterocycles. The average molecular weight is 355 g/mol. The fourth-order valence-electron chi connectivity index (χ4n) is 3.38. The van der Waals surface area contributed by atoms with Gasteiger partial charge in [-0.15, -0.1) is 0 Å². The molecule has 0 saturated carbocycles. The fourth-order valence-corrected chi connectivity index (χ4v) is 3.38. The van der Waals surface area contributed by atoms with Gasteiger partial charge in [0.25, 0.3) is 0 Å². The largest absolute Gasteiger partial charge is 0.463 e. The van der Waals surface area contributed by atoms with E-state index in [9.17, 15) is 4.79 Å². The third kappa shape index (κ3) is 10.9. The van der Waals surface area contributed by atoms with Crippen molar-refractivity contribution in [3.63, 3.8) is 0 Å². The van der Waals surface area contributed by atoms with E-state index in [0.717, 1.165) is 19.4 Å². The van der Waals surface area contributed by atoms with E-state index in [4.69, 9.17) is 14.2 Å². The lowest BCUT2D eigenvalue weighted by Gasteiger charge is -2.03. The van der Waals surface area contributed by atoms with E-state index in [1.165, 1.54) is 70.6 Å². The molecule has 0 aromatic carbocycles. The zero-order valence-electron chi connectivity index (χ0n) is 16.2. The number of hydrogen-bond donors (Lipinski definition) is 0. The van der Waals surface area contributed by atoms with Crippen LogP contribution in [-0.2, 0) is 19.0 Å². The minimum absolute atomic E-state index is 0.0700. The molecule has 2 heterocycles. The first-order chi connectivity index (χ1) is 12.3. The van der Waals surface area contributed by atoms with Crippen LogP contribution in [-0.4, -0.2) is 37.5 Å². The Balaban J connectivity index is 1.27. The van der Waals surface area contributed by atoms with E-state index in [1.54, 1.807) is 0 Å². The molecule has 0 unspecified atom stereocenters. The maximum Gasteiger partial charge on any atom is 0.305 e. The molecule has 0 radical (unpaired) electrons. The van der Waals surface area contributed by atoms with Gasteiger partial charge in [-0.25, -0.2) is 0 Å². The van der Waals surface area contributed by atoms with Crippen molar-refractivity contribution in [2.75, 3.05) is 13.2 Å². The molecule has 0 bridgehead atoms. The van der Waals surface area contributed by atoms with Crippen LogP contribution in [0, 0.1) is 0 Å². The van der Waals surface area contributed by atoms with Crippen LogP contribution in [0.5, 0.6) is 0 Å². The molecule has 2 fully saturated rings. The highest BCUT2D eigenvalue weighted by Crippen LogP contribution is 2.31. The van der Waals surface area contributed by atoms with E-state index >= 15 is 0 Å². The molecule has 0 spiro atoms. The quantitative estimate of drug-likeness (QED) is 0.205. The summed E-state index contributed by atoms with van der Waals surface area (Å²) in [4.78, 5) is 11.5. The Kier molecular flexibility index (Phi) is 10.5. The SMILES string of the molecule is CCCCCCCC[C@@H]1O[C@H]1CCCCCCCC(=O)OC[C@@H]1CO1. The number of ether oxygens (including phenoxy) is 3. The molecule has 25 heavy (non-hydrogen) atoms. The smallest absolute Gasteiger partial charge is 0.305 e. The molecule has 0 aromatic rings. The predicted molar refractivity (Wildman–Crippen MR) is 99.7 cm³/mol. The molecular weight excluding hydrogens is 316 g/mol. The van der Waals surface area contributed by atoms with Crippen LogP contribution >= 0.6 is 0 Å². The number of rotatable bonds is 17. The summed E-state index contributed by atoms with van der Waals surface area (Å²) in [6.07, 6.45) is 18.4. The Bertz CT molecular complexity index is 354. The first-order valence-electron chi connectivity index (χ1n) is 10.7. The van der Waals surface area contributed by atoms with Crippen LogP contribution in [0.15, 0.2) is 0 Å². The third-order valence-corrected chi connectivity index (χ3v) is 5.23. The lowest BCUT2D eigenvalue weighted by Crippen LogP contribution is -2.09. The summed E-state index contributed by atoms with van der Waals surface area (Å²) in [5, 5.41) is 0. The lowest BCUT2D eigenvalue weighted by atomic mass is 10.0. The minimum Gasteiger partial charge on any atom is -0.463 e. The number of epoxide rings is 2. The number of hydrogen-bond acceptors (Lipinski definition) is 4. The molecule has 3 atom stereocenters. The molecule has 0 amide bonds. The van der Waals surface area contributed by atoms with Crippen LogP contribution < -0.4 is 0 Å². The number of unbranched alkanes of at least 4 members (excludes halogenated alkanes) is 9. The van der Waals surface area contributed by atoms with Crippen molar-refractivity contribution in [2.45, 2.75) is 115 Å². The second-order valence-corrected chi connectivity index (χ2v) is 7.71. The van der Waals surface area contributed by atoms with Crippen LogP contribution in [0.1, 0.15) is 96.8 Å². The van der Waals surface area contributed by atoms with Crippen LogP contribution in [0.3, 0.4) is 0 Å². The van der Waals surface area contributed by atoms with Gasteiger partial charge in [0.15, 0.2) is 0 Å². The van der Waals surface area contributed by atoms with Gasteiger partial charge < -0.3 is 14.2 Å². The van der Waals surface area contributed by atoms with Crippen LogP contribution in [0.2, 0.25) is 0 Å². The molecular formula is C21H38O4. The number of esters is 1. The fraction of sp³-hybridized carbons (Fsp3) is 0.952. The van der Waals surface area contributed by atoms with Gasteiger partial charge in [-0.3, -0.25) is 4.79 Å². The highest BCUT2D eigenvalue weighted by atomic mass is 16.6. The predicted octanol–water partition coefficient (Wildman–Crippen LogP) is 5.18. The molecule has 4 nitrogen and oxygen atoms in total. The van der Waals surface area contributed by atoms with Gasteiger partial charge in [0.05, 0.1) is 18.8 Å². The second-order valence-electron chi connectivity index (χ2n) is 7.71. The van der Waals surface area contributed by atoms with Crippen molar-refractivity contribution in [2.24, 2.45) is 0 Å². The highest BCUT2D eigenvalue weighted by Gasteiger charge is 2.36. The van der Waals surface area contributed by atoms with Gasteiger partial charge in [0.2, 0.25) is 0 Å². The Hall–Kier alpha value is -0.610. The summed E-state index contributed by atoms with van der Waals surface area (Å²) in [6.45, 7) is 3.46. The molecule has 0 N–H and O–H groups in total. The van der Waals surface area contributed by atoms with Crippen molar-refractivity contribution >= 4 is 5.97 Å². The summed E-state index contributed by atoms with van der Waals surface area (Å²) < 4.78 is 15.9. The van der Waals surface area contributed by atoms with E-state index in [-0.39, 0.29) is 12.1 Å². The summed E-state index contributed by atoms with van der Waals surface area (Å²) in [5.74, 6) is -0.0700. The van der Waals surface area contributed by atoms with Crippen molar-refractivity contribution in [3.8, 4) is 0 Å². The maximum absolute atomic E-state index is 11.5. The topological polar surface area (TPSA) is 51.4 Å². The zero-order chi connectivity index (χ0) is 17.7. The summed E-state index contributed by atoms with van der Waals surface area (Å²) in [7, 11) is 0. The Morgan fingerprint density at radius 2 is 1.44 bits per heavy atom. The van der Waals surface area contributed by atoms with Gasteiger partial charge in [0, 0.05) is 6.42 Å². The monoisotopic (exact) mass is 354 g/mol. The summed E-state index contributed by atoms with van der Waals surface area (Å²) >= 11 is 0. The molecule has 2 rings (SSSR count). The van der Waals surface area contributed by atoms with Gasteiger partial charge >= 0.3 is 5.97 Å². The van der Waals surface area contributed by atoms with E-state index in [1.807, 2.05) is 0 Å². The molecule has 146 valence electrons. The van der Waals surface area contributed by atoms with E-state index < -0.39 is 0 Å². The first kappa shape index (κ1) is 20.7. The molecule has 2 aliphatic heterocycles. The number of carbonyl (C=O) groups is 1. The van der Waals surface area contributed by atoms with Crippen molar-refractivity contribution in [1.29, 1.82) is 0 Å². The second kappa shape index (κ2) is 12.7. The normalized spacial score (nSPS) is 24.3. The van der Waals surface area contributed by atoms with E-state index in [0.29, 0.717) is 25.2 Å². The van der Waals surface area contributed by atoms with E-state index in [2.05, 4.69) is 6.92 Å². The molecule has 0 aromatic heterocycles. The summed E-state index contributed by atoms with van der Waals surface area (Å²) in [5.41, 5.74) is 0. The maximum atomic E-state index is 11.5. The van der Waals surface area contributed by atoms with Crippen LogP contribution in [0.4, 0.5) is 0 Å². The molecule has 0 aliphatic carbocycles. The average Bonchev–Trinajstić information content (AvgIpc) is 3.52. The zero-order valence-corrected chi connectivity index (χ0v) is 16.2. The van der Waals surface area contributed by atoms with Crippen molar-refractivity contribution in [1.82, 2.24) is 0 Å². The molecule has 4 heteroatoms. The Labute approximate surface area is 154 Å². The van der Waals surface area contributed by atoms with Crippen molar-refractivity contribution in [3.05, 3.63) is 0 Å². The molecule has 2 aliphatic rings. The van der Waals surface area contributed by atoms with Crippen LogP contribution in [0.25, 0.3) is 0 Å². The first-order valence-corrected chi connectivity index (χ1v) is 10.7. The summed E-state index contributed by atoms with van der Waals surface area (Å²) in [6, 6.07) is 0. The Morgan fingerprint density at radius 1 is 0.880 bits per heavy atom. The minimum atomic E-state index is -0.0700. The lowest BCUT2D eigenvalue weighted by molar-refractivity contribution is -0.144. The van der Waals surface area contributed by atoms with Crippen molar-refractivity contribution < 1.29 is 19.0 Å². The van der Waals surface area contributed by atoms with Gasteiger partial charge in [-0.2, -0.15) is 0 Å². The standard InChI is InChI=1S/C21H38O4/c1-2-3-4-5-7-10-13-19-20(25-19)14-11-8-6-9-12-15-21(22)24-17-18-16-23-18/h18-20H,2-17H2,1H3/t18-,19-,20-/m0/s1. The Morgan fingerprint density at radius 3 is 2.04 bits per heavy atom. The van der Waals surface area contributed by atoms with Gasteiger partial charge in [-0.05, 0) is 19.3 Å². The third-order valence-electron chi connectivity index (χ3n) is 5.23. The van der Waals surface area contributed by atoms with Gasteiger partial charge in [0.1, 0.15) is 12.7 Å². The van der Waals surface area contributed by atoms with Gasteiger partial charge in [-0.1, -0.05) is 71.1 Å².